The van der Waals surface area contributed by atoms with Crippen molar-refractivity contribution >= 4 is 0 Å². The Hall–Kier alpha value is -0.120. The van der Waals surface area contributed by atoms with E-state index in [1.807, 2.05) is 13.8 Å². The molecule has 0 spiro atoms. The van der Waals surface area contributed by atoms with Crippen LogP contribution in [0.25, 0.3) is 0 Å². The van der Waals surface area contributed by atoms with E-state index in [1.54, 1.807) is 0 Å². The van der Waals surface area contributed by atoms with Crippen LogP contribution in [0, 0.1) is 0 Å². The zero-order valence-corrected chi connectivity index (χ0v) is 11.4. The van der Waals surface area contributed by atoms with E-state index in [1.165, 1.54) is 12.8 Å². The summed E-state index contributed by atoms with van der Waals surface area (Å²) in [5.74, 6) is 0. The molecule has 0 aromatic heterocycles. The Bertz CT molecular complexity index is 140. The van der Waals surface area contributed by atoms with Gasteiger partial charge in [-0.2, -0.15) is 0 Å². The minimum atomic E-state index is 0.310. The van der Waals surface area contributed by atoms with E-state index in [9.17, 15) is 0 Å². The quantitative estimate of drug-likeness (QED) is 0.554. The van der Waals surface area contributed by atoms with Crippen LogP contribution >= 0.6 is 0 Å². The van der Waals surface area contributed by atoms with Crippen molar-refractivity contribution < 1.29 is 9.47 Å². The van der Waals surface area contributed by atoms with Crippen molar-refractivity contribution in [3.8, 4) is 0 Å². The summed E-state index contributed by atoms with van der Waals surface area (Å²) < 4.78 is 10.9. The van der Waals surface area contributed by atoms with Gasteiger partial charge in [0.1, 0.15) is 0 Å². The molecule has 1 atom stereocenters. The lowest BCUT2D eigenvalue weighted by atomic mass is 10.1. The number of hydrogen-bond acceptors (Lipinski definition) is 3. The average molecular weight is 231 g/mol. The molecule has 0 aromatic carbocycles. The molecular formula is C13H29NO2. The minimum Gasteiger partial charge on any atom is -0.379 e. The average Bonchev–Trinajstić information content (AvgIpc) is 2.22. The van der Waals surface area contributed by atoms with Crippen LogP contribution in [0.2, 0.25) is 0 Å². The third-order valence-corrected chi connectivity index (χ3v) is 2.41. The number of hydrogen-bond donors (Lipinski definition) is 1. The van der Waals surface area contributed by atoms with Crippen LogP contribution in [0.15, 0.2) is 0 Å². The highest BCUT2D eigenvalue weighted by atomic mass is 16.5. The van der Waals surface area contributed by atoms with Gasteiger partial charge in [0.2, 0.25) is 0 Å². The number of ether oxygens (including phenoxy) is 2. The second-order valence-electron chi connectivity index (χ2n) is 4.49. The first-order valence-electron chi connectivity index (χ1n) is 6.59. The Morgan fingerprint density at radius 3 is 2.38 bits per heavy atom. The SMILES string of the molecule is CCNC(C)CCCCOCCOC(C)C. The van der Waals surface area contributed by atoms with E-state index < -0.39 is 0 Å². The molecule has 0 aliphatic heterocycles. The summed E-state index contributed by atoms with van der Waals surface area (Å²) in [6.07, 6.45) is 3.93. The van der Waals surface area contributed by atoms with Crippen LogP contribution in [-0.4, -0.2) is 38.5 Å². The van der Waals surface area contributed by atoms with Crippen molar-refractivity contribution in [1.29, 1.82) is 0 Å². The largest absolute Gasteiger partial charge is 0.379 e. The maximum Gasteiger partial charge on any atom is 0.0703 e. The van der Waals surface area contributed by atoms with Crippen LogP contribution in [0.4, 0.5) is 0 Å². The predicted molar refractivity (Wildman–Crippen MR) is 68.9 cm³/mol. The van der Waals surface area contributed by atoms with Crippen LogP contribution in [0.3, 0.4) is 0 Å². The van der Waals surface area contributed by atoms with Gasteiger partial charge in [0.05, 0.1) is 19.3 Å². The molecule has 16 heavy (non-hydrogen) atoms. The lowest BCUT2D eigenvalue weighted by molar-refractivity contribution is 0.0186. The molecule has 0 aliphatic carbocycles. The molecule has 0 bridgehead atoms. The first kappa shape index (κ1) is 15.9. The van der Waals surface area contributed by atoms with Crippen LogP contribution < -0.4 is 5.32 Å². The molecule has 1 N–H and O–H groups in total. The Morgan fingerprint density at radius 2 is 1.75 bits per heavy atom. The molecule has 0 amide bonds. The molecule has 0 aromatic rings. The van der Waals surface area contributed by atoms with Gasteiger partial charge in [-0.3, -0.25) is 0 Å². The minimum absolute atomic E-state index is 0.310. The summed E-state index contributed by atoms with van der Waals surface area (Å²) >= 11 is 0. The van der Waals surface area contributed by atoms with Gasteiger partial charge in [0.15, 0.2) is 0 Å². The third-order valence-electron chi connectivity index (χ3n) is 2.41. The lowest BCUT2D eigenvalue weighted by Crippen LogP contribution is -2.25. The smallest absolute Gasteiger partial charge is 0.0703 e. The van der Waals surface area contributed by atoms with Crippen molar-refractivity contribution in [1.82, 2.24) is 5.32 Å². The van der Waals surface area contributed by atoms with Gasteiger partial charge >= 0.3 is 0 Å². The molecule has 0 saturated heterocycles. The maximum absolute atomic E-state index is 5.48. The van der Waals surface area contributed by atoms with Gasteiger partial charge in [-0.15, -0.1) is 0 Å². The Kier molecular flexibility index (Phi) is 11.3. The zero-order chi connectivity index (χ0) is 12.2. The first-order chi connectivity index (χ1) is 7.66. The van der Waals surface area contributed by atoms with Gasteiger partial charge in [-0.05, 0) is 46.6 Å². The highest BCUT2D eigenvalue weighted by molar-refractivity contribution is 4.58. The summed E-state index contributed by atoms with van der Waals surface area (Å²) in [6, 6.07) is 0.634. The predicted octanol–water partition coefficient (Wildman–Crippen LogP) is 2.60. The van der Waals surface area contributed by atoms with Gasteiger partial charge in [-0.25, -0.2) is 0 Å². The van der Waals surface area contributed by atoms with Crippen LogP contribution in [-0.2, 0) is 9.47 Å². The van der Waals surface area contributed by atoms with E-state index in [-0.39, 0.29) is 0 Å². The highest BCUT2D eigenvalue weighted by Crippen LogP contribution is 2.00. The van der Waals surface area contributed by atoms with Gasteiger partial charge in [0, 0.05) is 12.6 Å². The van der Waals surface area contributed by atoms with E-state index in [2.05, 4.69) is 19.2 Å². The van der Waals surface area contributed by atoms with E-state index in [4.69, 9.17) is 9.47 Å². The van der Waals surface area contributed by atoms with Crippen molar-refractivity contribution in [2.45, 2.75) is 59.1 Å². The normalized spacial score (nSPS) is 13.3. The lowest BCUT2D eigenvalue weighted by Gasteiger charge is -2.12. The molecule has 3 heteroatoms. The van der Waals surface area contributed by atoms with Crippen molar-refractivity contribution in [2.24, 2.45) is 0 Å². The number of nitrogens with one attached hydrogen (secondary N) is 1. The zero-order valence-electron chi connectivity index (χ0n) is 11.4. The molecule has 0 rings (SSSR count). The second kappa shape index (κ2) is 11.4. The fourth-order valence-electron chi connectivity index (χ4n) is 1.55. The highest BCUT2D eigenvalue weighted by Gasteiger charge is 1.99. The van der Waals surface area contributed by atoms with Crippen LogP contribution in [0.1, 0.15) is 47.0 Å². The van der Waals surface area contributed by atoms with Crippen LogP contribution in [0.5, 0.6) is 0 Å². The standard InChI is InChI=1S/C13H29NO2/c1-5-14-13(4)8-6-7-9-15-10-11-16-12(2)3/h12-14H,5-11H2,1-4H3. The second-order valence-corrected chi connectivity index (χ2v) is 4.49. The summed E-state index contributed by atoms with van der Waals surface area (Å²) in [5.41, 5.74) is 0. The molecule has 0 heterocycles. The Labute approximate surface area is 101 Å². The molecular weight excluding hydrogens is 202 g/mol. The maximum atomic E-state index is 5.48. The fourth-order valence-corrected chi connectivity index (χ4v) is 1.55. The van der Waals surface area contributed by atoms with Gasteiger partial charge < -0.3 is 14.8 Å². The van der Waals surface area contributed by atoms with E-state index >= 15 is 0 Å². The summed E-state index contributed by atoms with van der Waals surface area (Å²) in [5, 5.41) is 3.41. The fraction of sp³-hybridized carbons (Fsp3) is 1.00. The van der Waals surface area contributed by atoms with E-state index in [0.29, 0.717) is 18.8 Å². The van der Waals surface area contributed by atoms with Crippen molar-refractivity contribution in [2.75, 3.05) is 26.4 Å². The molecule has 0 saturated carbocycles. The van der Waals surface area contributed by atoms with E-state index in [0.717, 1.165) is 26.2 Å². The van der Waals surface area contributed by atoms with Gasteiger partial charge in [0.25, 0.3) is 0 Å². The Morgan fingerprint density at radius 1 is 1.00 bits per heavy atom. The molecule has 0 fully saturated rings. The molecule has 0 aliphatic rings. The van der Waals surface area contributed by atoms with Gasteiger partial charge in [-0.1, -0.05) is 6.92 Å². The molecule has 1 unspecified atom stereocenters. The molecule has 3 nitrogen and oxygen atoms in total. The monoisotopic (exact) mass is 231 g/mol. The first-order valence-corrected chi connectivity index (χ1v) is 6.59. The number of rotatable bonds is 11. The summed E-state index contributed by atoms with van der Waals surface area (Å²) in [4.78, 5) is 0. The number of unbranched alkanes of at least 4 members (excludes halogenated alkanes) is 1. The molecule has 98 valence electrons. The Balaban J connectivity index is 3.04. The third kappa shape index (κ3) is 12.0. The molecule has 0 radical (unpaired) electrons. The summed E-state index contributed by atoms with van der Waals surface area (Å²) in [6.45, 7) is 11.8. The van der Waals surface area contributed by atoms with Crippen molar-refractivity contribution in [3.05, 3.63) is 0 Å². The topological polar surface area (TPSA) is 30.5 Å². The van der Waals surface area contributed by atoms with Crippen molar-refractivity contribution in [3.63, 3.8) is 0 Å². The summed E-state index contributed by atoms with van der Waals surface area (Å²) in [7, 11) is 0.